The Labute approximate surface area is 133 Å². The Hall–Kier alpha value is -1.80. The molecule has 0 aliphatic carbocycles. The average molecular weight is 371 g/mol. The predicted molar refractivity (Wildman–Crippen MR) is 80.4 cm³/mol. The van der Waals surface area contributed by atoms with Crippen LogP contribution in [0.15, 0.2) is 38.8 Å². The van der Waals surface area contributed by atoms with E-state index in [1.165, 1.54) is 38.1 Å². The van der Waals surface area contributed by atoms with E-state index in [4.69, 9.17) is 14.6 Å². The summed E-state index contributed by atoms with van der Waals surface area (Å²) < 4.78 is 10.8. The second kappa shape index (κ2) is 6.77. The van der Waals surface area contributed by atoms with Gasteiger partial charge in [0.25, 0.3) is 0 Å². The number of methoxy groups -OCH3 is 2. The molecule has 8 heteroatoms. The van der Waals surface area contributed by atoms with Gasteiger partial charge in [-0.25, -0.2) is 4.79 Å². The Morgan fingerprint density at radius 2 is 1.81 bits per heavy atom. The summed E-state index contributed by atoms with van der Waals surface area (Å²) >= 11 is 4.61. The Morgan fingerprint density at radius 1 is 1.19 bits per heavy atom. The summed E-state index contributed by atoms with van der Waals surface area (Å²) in [6, 6.07) is 6.31. The minimum atomic E-state index is -0.980. The second-order valence-corrected chi connectivity index (χ2v) is 5.65. The van der Waals surface area contributed by atoms with Crippen LogP contribution in [-0.4, -0.2) is 35.3 Å². The topological polar surface area (TPSA) is 81.5 Å². The zero-order valence-corrected chi connectivity index (χ0v) is 13.6. The number of aromatic carboxylic acids is 1. The largest absolute Gasteiger partial charge is 0.481 e. The average Bonchev–Trinajstić information content (AvgIpc) is 2.48. The van der Waals surface area contributed by atoms with Crippen LogP contribution in [-0.2, 0) is 0 Å². The molecule has 110 valence electrons. The van der Waals surface area contributed by atoms with Crippen LogP contribution < -0.4 is 9.47 Å². The molecule has 0 bridgehead atoms. The second-order valence-electron chi connectivity index (χ2n) is 3.79. The van der Waals surface area contributed by atoms with Crippen LogP contribution in [0.3, 0.4) is 0 Å². The molecule has 0 aliphatic rings. The van der Waals surface area contributed by atoms with Crippen LogP contribution in [0, 0.1) is 0 Å². The summed E-state index contributed by atoms with van der Waals surface area (Å²) in [5.74, 6) is -0.197. The van der Waals surface area contributed by atoms with Gasteiger partial charge < -0.3 is 14.6 Å². The minimum Gasteiger partial charge on any atom is -0.481 e. The fourth-order valence-electron chi connectivity index (χ4n) is 1.45. The molecule has 21 heavy (non-hydrogen) atoms. The fraction of sp³-hybridized carbons (Fsp3) is 0.154. The van der Waals surface area contributed by atoms with E-state index in [1.54, 1.807) is 12.1 Å². The van der Waals surface area contributed by atoms with Crippen molar-refractivity contribution in [2.45, 2.75) is 10.1 Å². The zero-order valence-electron chi connectivity index (χ0n) is 11.2. The van der Waals surface area contributed by atoms with Gasteiger partial charge in [-0.1, -0.05) is 0 Å². The van der Waals surface area contributed by atoms with Gasteiger partial charge in [0.1, 0.15) is 0 Å². The SMILES string of the molecule is COc1cc(OC)nc(Sc2ccc(C(=O)O)cc2Br)n1. The maximum Gasteiger partial charge on any atom is 0.335 e. The summed E-state index contributed by atoms with van der Waals surface area (Å²) in [6.45, 7) is 0. The van der Waals surface area contributed by atoms with E-state index in [1.807, 2.05) is 0 Å². The van der Waals surface area contributed by atoms with Crippen molar-refractivity contribution < 1.29 is 19.4 Å². The first kappa shape index (κ1) is 15.6. The molecule has 0 saturated carbocycles. The van der Waals surface area contributed by atoms with Crippen LogP contribution in [0.2, 0.25) is 0 Å². The number of ether oxygens (including phenoxy) is 2. The summed E-state index contributed by atoms with van der Waals surface area (Å²) in [4.78, 5) is 20.1. The van der Waals surface area contributed by atoms with Gasteiger partial charge in [-0.2, -0.15) is 9.97 Å². The summed E-state index contributed by atoms with van der Waals surface area (Å²) in [6.07, 6.45) is 0. The molecule has 2 aromatic rings. The Morgan fingerprint density at radius 3 is 2.29 bits per heavy atom. The highest BCUT2D eigenvalue weighted by molar-refractivity contribution is 9.10. The highest BCUT2D eigenvalue weighted by atomic mass is 79.9. The van der Waals surface area contributed by atoms with Crippen LogP contribution in [0.1, 0.15) is 10.4 Å². The van der Waals surface area contributed by atoms with E-state index in [-0.39, 0.29) is 5.56 Å². The van der Waals surface area contributed by atoms with E-state index in [0.717, 1.165) is 4.90 Å². The van der Waals surface area contributed by atoms with Crippen LogP contribution in [0.25, 0.3) is 0 Å². The first-order valence-electron chi connectivity index (χ1n) is 5.71. The lowest BCUT2D eigenvalue weighted by Crippen LogP contribution is -1.97. The molecule has 2 rings (SSSR count). The first-order valence-corrected chi connectivity index (χ1v) is 7.32. The lowest BCUT2D eigenvalue weighted by Gasteiger charge is -2.07. The van der Waals surface area contributed by atoms with Crippen molar-refractivity contribution in [2.24, 2.45) is 0 Å². The van der Waals surface area contributed by atoms with Crippen LogP contribution >= 0.6 is 27.7 Å². The van der Waals surface area contributed by atoms with Gasteiger partial charge in [-0.3, -0.25) is 0 Å². The third kappa shape index (κ3) is 3.85. The molecule has 0 saturated heterocycles. The monoisotopic (exact) mass is 370 g/mol. The van der Waals surface area contributed by atoms with Crippen molar-refractivity contribution in [1.29, 1.82) is 0 Å². The van der Waals surface area contributed by atoms with Crippen molar-refractivity contribution in [2.75, 3.05) is 14.2 Å². The van der Waals surface area contributed by atoms with Crippen LogP contribution in [0.5, 0.6) is 11.8 Å². The minimum absolute atomic E-state index is 0.204. The number of aromatic nitrogens is 2. The van der Waals surface area contributed by atoms with Gasteiger partial charge in [0.15, 0.2) is 5.16 Å². The van der Waals surface area contributed by atoms with Gasteiger partial charge in [-0.05, 0) is 45.9 Å². The molecule has 0 fully saturated rings. The highest BCUT2D eigenvalue weighted by Crippen LogP contribution is 2.33. The first-order chi connectivity index (χ1) is 10.0. The maximum atomic E-state index is 10.9. The molecule has 1 heterocycles. The van der Waals surface area contributed by atoms with Gasteiger partial charge in [0, 0.05) is 9.37 Å². The van der Waals surface area contributed by atoms with Crippen molar-refractivity contribution in [1.82, 2.24) is 9.97 Å². The number of hydrogen-bond acceptors (Lipinski definition) is 6. The predicted octanol–water partition coefficient (Wildman–Crippen LogP) is 3.11. The van der Waals surface area contributed by atoms with E-state index in [0.29, 0.717) is 21.4 Å². The molecule has 1 aromatic heterocycles. The van der Waals surface area contributed by atoms with E-state index >= 15 is 0 Å². The Balaban J connectivity index is 2.31. The Bertz CT molecular complexity index is 659. The number of nitrogens with zero attached hydrogens (tertiary/aromatic N) is 2. The fourth-order valence-corrected chi connectivity index (χ4v) is 2.84. The normalized spacial score (nSPS) is 10.2. The number of hydrogen-bond donors (Lipinski definition) is 1. The van der Waals surface area contributed by atoms with Gasteiger partial charge in [-0.15, -0.1) is 0 Å². The number of benzene rings is 1. The maximum absolute atomic E-state index is 10.9. The Kier molecular flexibility index (Phi) is 5.03. The van der Waals surface area contributed by atoms with Gasteiger partial charge >= 0.3 is 5.97 Å². The number of carbonyl (C=O) groups is 1. The molecule has 6 nitrogen and oxygen atoms in total. The lowest BCUT2D eigenvalue weighted by molar-refractivity contribution is 0.0696. The summed E-state index contributed by atoms with van der Waals surface area (Å²) in [5.41, 5.74) is 0.204. The third-order valence-corrected chi connectivity index (χ3v) is 4.32. The van der Waals surface area contributed by atoms with Crippen molar-refractivity contribution in [3.63, 3.8) is 0 Å². The third-order valence-electron chi connectivity index (χ3n) is 2.46. The van der Waals surface area contributed by atoms with Crippen molar-refractivity contribution in [3.8, 4) is 11.8 Å². The molecule has 0 spiro atoms. The van der Waals surface area contributed by atoms with E-state index in [2.05, 4.69) is 25.9 Å². The summed E-state index contributed by atoms with van der Waals surface area (Å²) in [5, 5.41) is 9.38. The van der Waals surface area contributed by atoms with Crippen molar-refractivity contribution in [3.05, 3.63) is 34.3 Å². The molecule has 1 N–H and O–H groups in total. The van der Waals surface area contributed by atoms with E-state index in [9.17, 15) is 4.79 Å². The summed E-state index contributed by atoms with van der Waals surface area (Å²) in [7, 11) is 3.02. The molecule has 0 radical (unpaired) electrons. The molecule has 0 unspecified atom stereocenters. The zero-order chi connectivity index (χ0) is 15.4. The molecule has 0 aliphatic heterocycles. The number of carboxylic acid groups (broad SMARTS) is 1. The standard InChI is InChI=1S/C13H11BrN2O4S/c1-19-10-6-11(20-2)16-13(15-10)21-9-4-3-7(12(17)18)5-8(9)14/h3-6H,1-2H3,(H,17,18). The molecular formula is C13H11BrN2O4S. The van der Waals surface area contributed by atoms with Gasteiger partial charge in [0.05, 0.1) is 25.8 Å². The number of rotatable bonds is 5. The highest BCUT2D eigenvalue weighted by Gasteiger charge is 2.11. The van der Waals surface area contributed by atoms with Gasteiger partial charge in [0.2, 0.25) is 11.8 Å². The quantitative estimate of drug-likeness (QED) is 0.809. The number of carboxylic acids is 1. The lowest BCUT2D eigenvalue weighted by atomic mass is 10.2. The molecule has 0 atom stereocenters. The van der Waals surface area contributed by atoms with Crippen molar-refractivity contribution >= 4 is 33.7 Å². The molecule has 0 amide bonds. The van der Waals surface area contributed by atoms with Crippen LogP contribution in [0.4, 0.5) is 0 Å². The van der Waals surface area contributed by atoms with E-state index < -0.39 is 5.97 Å². The molecular weight excluding hydrogens is 360 g/mol. The smallest absolute Gasteiger partial charge is 0.335 e. The number of halogens is 1. The molecule has 1 aromatic carbocycles.